The molecule has 182 valence electrons. The van der Waals surface area contributed by atoms with E-state index >= 15 is 0 Å². The maximum Gasteiger partial charge on any atom is 0.263 e. The zero-order valence-corrected chi connectivity index (χ0v) is 20.8. The van der Waals surface area contributed by atoms with Gasteiger partial charge in [-0.1, -0.05) is 75.7 Å². The Bertz CT molecular complexity index is 1540. The van der Waals surface area contributed by atoms with Gasteiger partial charge in [-0.05, 0) is 40.3 Å². The van der Waals surface area contributed by atoms with Gasteiger partial charge in [-0.25, -0.2) is 4.98 Å². The molecular weight excluding hydrogens is 450 g/mol. The summed E-state index contributed by atoms with van der Waals surface area (Å²) in [5, 5.41) is 15.0. The number of unbranched alkanes of at least 4 members (excludes halogenated alkanes) is 1. The fourth-order valence-corrected chi connectivity index (χ4v) is 4.36. The summed E-state index contributed by atoms with van der Waals surface area (Å²) in [6, 6.07) is 18.2. The van der Waals surface area contributed by atoms with Crippen LogP contribution in [0.1, 0.15) is 56.6 Å². The van der Waals surface area contributed by atoms with Crippen LogP contribution in [0.25, 0.3) is 33.4 Å². The van der Waals surface area contributed by atoms with E-state index in [1.54, 1.807) is 10.8 Å². The highest BCUT2D eigenvalue weighted by atomic mass is 16.1. The minimum Gasteiger partial charge on any atom is -0.292 e. The highest BCUT2D eigenvalue weighted by Crippen LogP contribution is 2.30. The molecule has 0 bridgehead atoms. The van der Waals surface area contributed by atoms with Crippen LogP contribution in [0.15, 0.2) is 65.6 Å². The zero-order valence-electron chi connectivity index (χ0n) is 20.8. The summed E-state index contributed by atoms with van der Waals surface area (Å²) in [5.74, 6) is 1.65. The number of fused-ring (bicyclic) bond motifs is 1. The van der Waals surface area contributed by atoms with E-state index in [0.717, 1.165) is 58.6 Å². The second-order valence-electron chi connectivity index (χ2n) is 9.28. The molecule has 0 spiro atoms. The molecule has 0 fully saturated rings. The quantitative estimate of drug-likeness (QED) is 0.330. The molecule has 3 heterocycles. The second-order valence-corrected chi connectivity index (χ2v) is 9.28. The van der Waals surface area contributed by atoms with Gasteiger partial charge in [0.2, 0.25) is 5.82 Å². The van der Waals surface area contributed by atoms with E-state index in [2.05, 4.69) is 70.6 Å². The first kappa shape index (κ1) is 23.5. The van der Waals surface area contributed by atoms with Crippen molar-refractivity contribution in [1.29, 1.82) is 0 Å². The van der Waals surface area contributed by atoms with Gasteiger partial charge in [0.1, 0.15) is 5.82 Å². The SMILES string of the molecule is CCCCc1nc2cc(C(C)C)ncc2c(=O)n1Cc1ccc(-c2ccccc2-c2nn[nH]n2)cc1. The van der Waals surface area contributed by atoms with Gasteiger partial charge in [-0.15, -0.1) is 10.2 Å². The van der Waals surface area contributed by atoms with Crippen molar-refractivity contribution in [3.05, 3.63) is 88.2 Å². The predicted octanol–water partition coefficient (Wildman–Crippen LogP) is 5.15. The monoisotopic (exact) mass is 479 g/mol. The van der Waals surface area contributed by atoms with Crippen molar-refractivity contribution in [3.8, 4) is 22.5 Å². The standard InChI is InChI=1S/C28H29N7O/c1-4-5-10-26-30-25-15-24(18(2)3)29-16-23(25)28(36)35(26)17-19-11-13-20(14-12-19)21-8-6-7-9-22(21)27-31-33-34-32-27/h6-9,11-16,18H,4-5,10,17H2,1-3H3,(H,31,32,33,34). The van der Waals surface area contributed by atoms with E-state index in [-0.39, 0.29) is 11.5 Å². The molecule has 0 aliphatic carbocycles. The number of aromatic nitrogens is 7. The predicted molar refractivity (Wildman–Crippen MR) is 141 cm³/mol. The molecule has 0 saturated heterocycles. The maximum absolute atomic E-state index is 13.5. The Balaban J connectivity index is 1.50. The van der Waals surface area contributed by atoms with Crippen molar-refractivity contribution in [2.45, 2.75) is 52.5 Å². The van der Waals surface area contributed by atoms with Crippen molar-refractivity contribution < 1.29 is 0 Å². The number of aryl methyl sites for hydroxylation is 1. The minimum atomic E-state index is -0.0413. The van der Waals surface area contributed by atoms with Crippen LogP contribution in [0.5, 0.6) is 0 Å². The molecule has 1 N–H and O–H groups in total. The Morgan fingerprint density at radius 1 is 1.03 bits per heavy atom. The summed E-state index contributed by atoms with van der Waals surface area (Å²) in [5.41, 5.74) is 5.64. The Labute approximate surface area is 209 Å². The molecule has 0 aliphatic rings. The van der Waals surface area contributed by atoms with Gasteiger partial charge >= 0.3 is 0 Å². The Morgan fingerprint density at radius 3 is 2.50 bits per heavy atom. The molecule has 2 aromatic carbocycles. The number of hydrogen-bond acceptors (Lipinski definition) is 6. The number of benzene rings is 2. The van der Waals surface area contributed by atoms with Gasteiger partial charge in [0.05, 0.1) is 17.4 Å². The Hall–Kier alpha value is -4.20. The first-order valence-electron chi connectivity index (χ1n) is 12.4. The van der Waals surface area contributed by atoms with Crippen LogP contribution in [0, 0.1) is 0 Å². The fourth-order valence-electron chi connectivity index (χ4n) is 4.36. The first-order valence-corrected chi connectivity index (χ1v) is 12.4. The molecular formula is C28H29N7O. The van der Waals surface area contributed by atoms with E-state index in [4.69, 9.17) is 4.98 Å². The zero-order chi connectivity index (χ0) is 25.1. The number of nitrogens with one attached hydrogen (secondary N) is 1. The van der Waals surface area contributed by atoms with Crippen molar-refractivity contribution >= 4 is 10.9 Å². The van der Waals surface area contributed by atoms with Gasteiger partial charge in [-0.3, -0.25) is 14.3 Å². The van der Waals surface area contributed by atoms with Crippen molar-refractivity contribution in [2.75, 3.05) is 0 Å². The van der Waals surface area contributed by atoms with E-state index in [1.807, 2.05) is 30.3 Å². The molecule has 0 radical (unpaired) electrons. The number of rotatable bonds is 8. The summed E-state index contributed by atoms with van der Waals surface area (Å²) in [4.78, 5) is 23.0. The molecule has 0 aliphatic heterocycles. The third kappa shape index (κ3) is 4.66. The van der Waals surface area contributed by atoms with Crippen molar-refractivity contribution in [1.82, 2.24) is 35.2 Å². The summed E-state index contributed by atoms with van der Waals surface area (Å²) in [7, 11) is 0. The van der Waals surface area contributed by atoms with Gasteiger partial charge in [-0.2, -0.15) is 5.21 Å². The highest BCUT2D eigenvalue weighted by Gasteiger charge is 2.15. The van der Waals surface area contributed by atoms with Crippen LogP contribution < -0.4 is 5.56 Å². The lowest BCUT2D eigenvalue weighted by molar-refractivity contribution is 0.645. The van der Waals surface area contributed by atoms with Crippen LogP contribution in [0.3, 0.4) is 0 Å². The molecule has 8 heteroatoms. The largest absolute Gasteiger partial charge is 0.292 e. The van der Waals surface area contributed by atoms with Gasteiger partial charge in [0.25, 0.3) is 5.56 Å². The molecule has 5 rings (SSSR count). The van der Waals surface area contributed by atoms with Crippen LogP contribution in [-0.2, 0) is 13.0 Å². The van der Waals surface area contributed by atoms with E-state index in [9.17, 15) is 4.79 Å². The summed E-state index contributed by atoms with van der Waals surface area (Å²) < 4.78 is 1.80. The molecule has 3 aromatic heterocycles. The van der Waals surface area contributed by atoms with Gasteiger partial charge in [0, 0.05) is 23.9 Å². The Morgan fingerprint density at radius 2 is 1.81 bits per heavy atom. The minimum absolute atomic E-state index is 0.0413. The van der Waals surface area contributed by atoms with E-state index in [0.29, 0.717) is 17.8 Å². The number of nitrogens with zero attached hydrogens (tertiary/aromatic N) is 6. The molecule has 36 heavy (non-hydrogen) atoms. The third-order valence-corrected chi connectivity index (χ3v) is 6.40. The molecule has 0 amide bonds. The molecule has 8 nitrogen and oxygen atoms in total. The molecule has 0 saturated carbocycles. The number of hydrogen-bond donors (Lipinski definition) is 1. The average Bonchev–Trinajstić information content (AvgIpc) is 3.44. The topological polar surface area (TPSA) is 102 Å². The number of aromatic amines is 1. The first-order chi connectivity index (χ1) is 17.5. The van der Waals surface area contributed by atoms with Crippen LogP contribution >= 0.6 is 0 Å². The second kappa shape index (κ2) is 10.2. The normalized spacial score (nSPS) is 11.4. The third-order valence-electron chi connectivity index (χ3n) is 6.40. The highest BCUT2D eigenvalue weighted by molar-refractivity contribution is 5.80. The van der Waals surface area contributed by atoms with Crippen LogP contribution in [0.4, 0.5) is 0 Å². The van der Waals surface area contributed by atoms with Gasteiger partial charge in [0.15, 0.2) is 0 Å². The lowest BCUT2D eigenvalue weighted by Crippen LogP contribution is -2.26. The summed E-state index contributed by atoms with van der Waals surface area (Å²) >= 11 is 0. The molecule has 0 unspecified atom stereocenters. The number of pyridine rings is 1. The maximum atomic E-state index is 13.5. The smallest absolute Gasteiger partial charge is 0.263 e. The van der Waals surface area contributed by atoms with Gasteiger partial charge < -0.3 is 0 Å². The lowest BCUT2D eigenvalue weighted by Gasteiger charge is -2.15. The fraction of sp³-hybridized carbons (Fsp3) is 0.286. The van der Waals surface area contributed by atoms with Crippen molar-refractivity contribution in [2.24, 2.45) is 0 Å². The summed E-state index contributed by atoms with van der Waals surface area (Å²) in [6.45, 7) is 6.80. The molecule has 5 aromatic rings. The number of tetrazole rings is 1. The summed E-state index contributed by atoms with van der Waals surface area (Å²) in [6.07, 6.45) is 4.46. The number of H-pyrrole nitrogens is 1. The van der Waals surface area contributed by atoms with Crippen LogP contribution in [0.2, 0.25) is 0 Å². The molecule has 0 atom stereocenters. The average molecular weight is 480 g/mol. The van der Waals surface area contributed by atoms with E-state index in [1.165, 1.54) is 0 Å². The van der Waals surface area contributed by atoms with E-state index < -0.39 is 0 Å². The Kier molecular flexibility index (Phi) is 6.66. The van der Waals surface area contributed by atoms with Crippen LogP contribution in [-0.4, -0.2) is 35.2 Å². The van der Waals surface area contributed by atoms with Crippen molar-refractivity contribution in [3.63, 3.8) is 0 Å². The lowest BCUT2D eigenvalue weighted by atomic mass is 9.98.